The molecule has 15 nitrogen and oxygen atoms in total. The van der Waals surface area contributed by atoms with Crippen molar-refractivity contribution in [2.45, 2.75) is 56.3 Å². The number of aromatic amines is 2. The number of carboxylic acids is 1. The number of guanidine groups is 1. The summed E-state index contributed by atoms with van der Waals surface area (Å²) < 4.78 is 0. The number of carbonyl (C=O) groups is 4. The number of nitrogens with zero attached hydrogens (tertiary/aromatic N) is 1. The van der Waals surface area contributed by atoms with Gasteiger partial charge in [-0.1, -0.05) is 48.5 Å². The van der Waals surface area contributed by atoms with Crippen molar-refractivity contribution in [2.75, 3.05) is 6.54 Å². The van der Waals surface area contributed by atoms with E-state index in [-0.39, 0.29) is 43.9 Å². The molecule has 0 fully saturated rings. The molecule has 52 heavy (non-hydrogen) atoms. The Balaban J connectivity index is 1.36. The molecule has 13 N–H and O–H groups in total. The van der Waals surface area contributed by atoms with Gasteiger partial charge in [-0.05, 0) is 60.2 Å². The van der Waals surface area contributed by atoms with Gasteiger partial charge in [-0.2, -0.15) is 0 Å². The monoisotopic (exact) mass is 709 g/mol. The van der Waals surface area contributed by atoms with Crippen LogP contribution in [0.25, 0.3) is 21.8 Å². The summed E-state index contributed by atoms with van der Waals surface area (Å²) in [6.07, 6.45) is 4.04. The van der Waals surface area contributed by atoms with E-state index in [1.54, 1.807) is 24.5 Å². The van der Waals surface area contributed by atoms with Crippen LogP contribution in [0.15, 0.2) is 90.2 Å². The topological polar surface area (TPSA) is 267 Å². The average Bonchev–Trinajstić information content (AvgIpc) is 3.73. The van der Waals surface area contributed by atoms with Crippen LogP contribution in [0.2, 0.25) is 0 Å². The van der Waals surface area contributed by atoms with Gasteiger partial charge < -0.3 is 53.3 Å². The minimum absolute atomic E-state index is 0.00186. The highest BCUT2D eigenvalue weighted by Crippen LogP contribution is 2.21. The van der Waals surface area contributed by atoms with E-state index in [9.17, 15) is 29.4 Å². The maximum absolute atomic E-state index is 14.0. The summed E-state index contributed by atoms with van der Waals surface area (Å²) in [5.41, 5.74) is 21.1. The number of aromatic hydroxyl groups is 1. The highest BCUT2D eigenvalue weighted by atomic mass is 16.4. The van der Waals surface area contributed by atoms with E-state index in [1.807, 2.05) is 48.5 Å². The van der Waals surface area contributed by atoms with Gasteiger partial charge in [0, 0.05) is 53.6 Å². The zero-order chi connectivity index (χ0) is 37.2. The molecule has 0 aliphatic carbocycles. The Labute approximate surface area is 299 Å². The summed E-state index contributed by atoms with van der Waals surface area (Å²) in [7, 11) is 0. The van der Waals surface area contributed by atoms with E-state index in [0.29, 0.717) is 17.5 Å². The molecule has 5 aromatic rings. The molecule has 0 spiro atoms. The Hall–Kier alpha value is -6.35. The van der Waals surface area contributed by atoms with Crippen molar-refractivity contribution in [1.29, 1.82) is 0 Å². The van der Waals surface area contributed by atoms with Crippen LogP contribution in [0.4, 0.5) is 0 Å². The summed E-state index contributed by atoms with van der Waals surface area (Å²) in [4.78, 5) is 63.9. The molecule has 2 heterocycles. The predicted molar refractivity (Wildman–Crippen MR) is 197 cm³/mol. The first-order valence-corrected chi connectivity index (χ1v) is 16.8. The zero-order valence-electron chi connectivity index (χ0n) is 28.3. The molecule has 2 aromatic heterocycles. The van der Waals surface area contributed by atoms with Gasteiger partial charge >= 0.3 is 5.97 Å². The minimum Gasteiger partial charge on any atom is -0.508 e. The number of aliphatic carboxylic acids is 1. The molecule has 0 saturated heterocycles. The fourth-order valence-corrected chi connectivity index (χ4v) is 6.02. The van der Waals surface area contributed by atoms with Crippen LogP contribution in [0.5, 0.6) is 5.75 Å². The van der Waals surface area contributed by atoms with Gasteiger partial charge in [0.1, 0.15) is 23.9 Å². The van der Waals surface area contributed by atoms with Gasteiger partial charge in [0.05, 0.1) is 6.04 Å². The number of nitrogens with two attached hydrogens (primary N) is 3. The van der Waals surface area contributed by atoms with Crippen molar-refractivity contribution in [1.82, 2.24) is 25.9 Å². The van der Waals surface area contributed by atoms with Crippen molar-refractivity contribution in [3.05, 3.63) is 102 Å². The first-order valence-electron chi connectivity index (χ1n) is 16.8. The number of fused-ring (bicyclic) bond motifs is 2. The standard InChI is InChI=1S/C37H43N9O6/c38-27(17-22-19-42-28-8-3-1-6-25(22)28)33(48)44-30(10-5-15-41-37(39)40)34(49)45-31(18-23-20-43-29-9-4-2-7-26(23)29)35(50)46-32(36(51)52)16-21-11-13-24(47)14-12-21/h1-4,6-9,11-14,19-20,27,30-32,42-43,47H,5,10,15-18,38H2,(H,44,48)(H,45,49)(H,46,50)(H,51,52)(H4,39,40,41)/t27-,30-,31-,32-/m0/s1. The molecule has 0 saturated carbocycles. The zero-order valence-corrected chi connectivity index (χ0v) is 28.3. The summed E-state index contributed by atoms with van der Waals surface area (Å²) in [6, 6.07) is 16.3. The second kappa shape index (κ2) is 17.0. The van der Waals surface area contributed by atoms with E-state index >= 15 is 0 Å². The molecule has 3 amide bonds. The average molecular weight is 710 g/mol. The quantitative estimate of drug-likeness (QED) is 0.0378. The van der Waals surface area contributed by atoms with Crippen molar-refractivity contribution < 1.29 is 29.4 Å². The van der Waals surface area contributed by atoms with Crippen LogP contribution < -0.4 is 33.2 Å². The lowest BCUT2D eigenvalue weighted by Gasteiger charge is -2.25. The SMILES string of the molecule is NC(N)=NCCC[C@H](NC(=O)[C@@H](N)Cc1c[nH]c2ccccc12)C(=O)N[C@@H](Cc1c[nH]c2ccccc12)C(=O)N[C@@H](Cc1ccc(O)cc1)C(=O)O. The first kappa shape index (κ1) is 36.9. The predicted octanol–water partition coefficient (Wildman–Crippen LogP) is 1.30. The number of hydrogen-bond donors (Lipinski definition) is 10. The molecule has 4 atom stereocenters. The van der Waals surface area contributed by atoms with E-state index in [0.717, 1.165) is 27.4 Å². The molecular formula is C37H43N9O6. The van der Waals surface area contributed by atoms with Gasteiger partial charge in [-0.15, -0.1) is 0 Å². The second-order valence-electron chi connectivity index (χ2n) is 12.6. The molecule has 3 aromatic carbocycles. The number of carboxylic acid groups (broad SMARTS) is 1. The van der Waals surface area contributed by atoms with Crippen LogP contribution in [0, 0.1) is 0 Å². The van der Waals surface area contributed by atoms with E-state index in [4.69, 9.17) is 17.2 Å². The Morgan fingerprint density at radius 3 is 1.83 bits per heavy atom. The van der Waals surface area contributed by atoms with Crippen molar-refractivity contribution >= 4 is 51.5 Å². The van der Waals surface area contributed by atoms with E-state index < -0.39 is 47.9 Å². The highest BCUT2D eigenvalue weighted by Gasteiger charge is 2.31. The Bertz CT molecular complexity index is 2050. The molecule has 0 unspecified atom stereocenters. The first-order chi connectivity index (χ1) is 25.0. The lowest BCUT2D eigenvalue weighted by Crippen LogP contribution is -2.58. The number of H-pyrrole nitrogens is 2. The fourth-order valence-electron chi connectivity index (χ4n) is 6.02. The number of rotatable bonds is 17. The van der Waals surface area contributed by atoms with Crippen LogP contribution >= 0.6 is 0 Å². The molecule has 5 rings (SSSR count). The van der Waals surface area contributed by atoms with E-state index in [1.165, 1.54) is 12.1 Å². The third-order valence-corrected chi connectivity index (χ3v) is 8.75. The lowest BCUT2D eigenvalue weighted by atomic mass is 10.0. The van der Waals surface area contributed by atoms with Crippen molar-refractivity contribution in [3.8, 4) is 5.75 Å². The summed E-state index contributed by atoms with van der Waals surface area (Å²) in [5.74, 6) is -3.40. The largest absolute Gasteiger partial charge is 0.508 e. The van der Waals surface area contributed by atoms with Crippen LogP contribution in [0.1, 0.15) is 29.5 Å². The molecule has 0 aliphatic rings. The molecule has 15 heteroatoms. The molecular weight excluding hydrogens is 666 g/mol. The molecule has 0 bridgehead atoms. The maximum atomic E-state index is 14.0. The normalized spacial score (nSPS) is 13.5. The number of phenols is 1. The van der Waals surface area contributed by atoms with E-state index in [2.05, 4.69) is 30.9 Å². The lowest BCUT2D eigenvalue weighted by molar-refractivity contribution is -0.142. The molecule has 0 aliphatic heterocycles. The number of aliphatic imine (C=N–C) groups is 1. The van der Waals surface area contributed by atoms with Crippen molar-refractivity contribution in [3.63, 3.8) is 0 Å². The summed E-state index contributed by atoms with van der Waals surface area (Å²) in [5, 5.41) is 29.5. The van der Waals surface area contributed by atoms with Crippen LogP contribution in [0.3, 0.4) is 0 Å². The van der Waals surface area contributed by atoms with Gasteiger partial charge in [0.25, 0.3) is 0 Å². The molecule has 0 radical (unpaired) electrons. The number of carbonyl (C=O) groups excluding carboxylic acids is 3. The summed E-state index contributed by atoms with van der Waals surface area (Å²) in [6.45, 7) is 0.181. The van der Waals surface area contributed by atoms with Crippen molar-refractivity contribution in [2.24, 2.45) is 22.2 Å². The minimum atomic E-state index is -1.35. The second-order valence-corrected chi connectivity index (χ2v) is 12.6. The third kappa shape index (κ3) is 9.66. The van der Waals surface area contributed by atoms with Crippen LogP contribution in [-0.2, 0) is 38.4 Å². The number of aromatic nitrogens is 2. The third-order valence-electron chi connectivity index (χ3n) is 8.75. The highest BCUT2D eigenvalue weighted by molar-refractivity contribution is 5.95. The number of hydrogen-bond acceptors (Lipinski definition) is 7. The van der Waals surface area contributed by atoms with Gasteiger partial charge in [0.15, 0.2) is 5.96 Å². The van der Waals surface area contributed by atoms with Gasteiger partial charge in [-0.3, -0.25) is 19.4 Å². The maximum Gasteiger partial charge on any atom is 0.326 e. The number of para-hydroxylation sites is 2. The molecule has 272 valence electrons. The Morgan fingerprint density at radius 1 is 0.692 bits per heavy atom. The Morgan fingerprint density at radius 2 is 1.23 bits per heavy atom. The number of phenolic OH excluding ortho intramolecular Hbond substituents is 1. The smallest absolute Gasteiger partial charge is 0.326 e. The number of nitrogens with one attached hydrogen (secondary N) is 5. The fraction of sp³-hybridized carbons (Fsp3) is 0.270. The van der Waals surface area contributed by atoms with Gasteiger partial charge in [0.2, 0.25) is 17.7 Å². The summed E-state index contributed by atoms with van der Waals surface area (Å²) >= 11 is 0. The Kier molecular flexibility index (Phi) is 12.1. The van der Waals surface area contributed by atoms with Crippen LogP contribution in [-0.4, -0.2) is 80.5 Å². The number of amides is 3. The van der Waals surface area contributed by atoms with Gasteiger partial charge in [-0.25, -0.2) is 4.79 Å². The number of benzene rings is 3.